The van der Waals surface area contributed by atoms with Crippen molar-refractivity contribution in [1.29, 1.82) is 0 Å². The van der Waals surface area contributed by atoms with E-state index in [2.05, 4.69) is 373 Å². The molecule has 0 saturated heterocycles. The number of para-hydroxylation sites is 11. The number of hydrogen-bond acceptors (Lipinski definition) is 10. The van der Waals surface area contributed by atoms with Crippen LogP contribution in [-0.4, -0.2) is 72.3 Å². The van der Waals surface area contributed by atoms with Crippen molar-refractivity contribution in [3.8, 4) is 114 Å². The number of aromatic nitrogens is 15. The average molecular weight is 1860 g/mol. The zero-order valence-electron chi connectivity index (χ0n) is 77.9. The predicted octanol–water partition coefficient (Wildman–Crippen LogP) is 31.8. The minimum atomic E-state index is 0.542. The lowest BCUT2D eigenvalue weighted by Gasteiger charge is -2.12. The van der Waals surface area contributed by atoms with Crippen molar-refractivity contribution in [2.45, 2.75) is 0 Å². The van der Waals surface area contributed by atoms with Crippen LogP contribution in [0.1, 0.15) is 0 Å². The van der Waals surface area contributed by atoms with Gasteiger partial charge in [0.25, 0.3) is 0 Å². The van der Waals surface area contributed by atoms with Gasteiger partial charge in [0.1, 0.15) is 11.2 Å². The SMILES string of the molecule is c1ccc(-c2ccc(-c3nc(-c4ccccc4)nc(-n4c5ccccc5c5cc6c7ccccc7n(-c7ccccc7)c6cc54)n3)cc2)cc1.c1ccc(-c2nc(-c3cccc4c3oc3ccccc34)nc(-n3c4ccccc4c4cc5c6ccccc6n(-c6ccccc6)c5cc43)n2)cc1.c1ccc(-c2nc(-c3ccccc3)nc(-n3c4ccccc4c4cc5c6ccccc6n(-c6ccccc6)c5cc43)n2)cc1. The standard InChI is InChI=1S/C45H27N5O.C45H29N5.C39H25N5/c1-3-14-28(15-4-1)43-46-44(34-22-13-21-33-32-20-9-12-25-41(32)51-42(33)34)48-45(47-43)50-38-24-11-8-19-31(38)36-26-35-30-18-7-10-23-37(30)49(39(35)27-40(36)50)29-16-5-2-6-17-29;1-4-14-30(15-5-1)31-24-26-33(27-25-31)44-46-43(32-16-6-2-7-17-32)47-45(48-44)50-40-23-13-11-21-36(40)38-28-37-35-20-10-12-22-39(35)49(41(37)29-42(38)50)34-18-8-3-9-19-34;1-4-14-26(15-5-1)37-40-38(27-16-6-2-7-17-27)42-39(41-37)44-34-23-13-11-21-30(34)32-24-31-29-20-10-12-22-33(29)43(35(31)25-36(32)44)28-18-8-3-9-19-28/h1-27H;1-29H;1-25H. The van der Waals surface area contributed by atoms with Crippen molar-refractivity contribution < 1.29 is 4.42 Å². The maximum atomic E-state index is 6.48. The lowest BCUT2D eigenvalue weighted by Crippen LogP contribution is -2.06. The quantitative estimate of drug-likeness (QED) is 0.109. The number of fused-ring (bicyclic) bond motifs is 21. The molecule has 678 valence electrons. The van der Waals surface area contributed by atoms with Crippen molar-refractivity contribution in [1.82, 2.24) is 72.3 Å². The van der Waals surface area contributed by atoms with E-state index >= 15 is 0 Å². The van der Waals surface area contributed by atoms with Gasteiger partial charge in [0, 0.05) is 120 Å². The van der Waals surface area contributed by atoms with Gasteiger partial charge in [0.2, 0.25) is 17.8 Å². The molecular weight excluding hydrogens is 1780 g/mol. The second-order valence-electron chi connectivity index (χ2n) is 36.3. The Morgan fingerprint density at radius 3 is 0.676 bits per heavy atom. The van der Waals surface area contributed by atoms with Gasteiger partial charge in [-0.1, -0.05) is 370 Å². The Balaban J connectivity index is 0.000000106. The maximum absolute atomic E-state index is 6.48. The molecule has 0 fully saturated rings. The van der Waals surface area contributed by atoms with Crippen LogP contribution in [0.5, 0.6) is 0 Å². The molecule has 10 heterocycles. The average Bonchev–Trinajstić information content (AvgIpc) is 1.56. The van der Waals surface area contributed by atoms with Crippen molar-refractivity contribution in [3.63, 3.8) is 0 Å². The van der Waals surface area contributed by atoms with Crippen LogP contribution in [0.3, 0.4) is 0 Å². The first kappa shape index (κ1) is 83.2. The fraction of sp³-hybridized carbons (Fsp3) is 0. The van der Waals surface area contributed by atoms with Crippen molar-refractivity contribution in [3.05, 3.63) is 491 Å². The van der Waals surface area contributed by atoms with Crippen LogP contribution in [0.2, 0.25) is 0 Å². The van der Waals surface area contributed by atoms with E-state index < -0.39 is 0 Å². The third kappa shape index (κ3) is 14.2. The normalized spacial score (nSPS) is 11.7. The van der Waals surface area contributed by atoms with Gasteiger partial charge in [-0.05, 0) is 132 Å². The molecule has 0 bridgehead atoms. The highest BCUT2D eigenvalue weighted by Gasteiger charge is 2.28. The van der Waals surface area contributed by atoms with E-state index in [-0.39, 0.29) is 0 Å². The van der Waals surface area contributed by atoms with Gasteiger partial charge in [-0.2, -0.15) is 29.9 Å². The van der Waals surface area contributed by atoms with Gasteiger partial charge in [-0.25, -0.2) is 15.0 Å². The molecule has 145 heavy (non-hydrogen) atoms. The summed E-state index contributed by atoms with van der Waals surface area (Å²) >= 11 is 0. The number of nitrogens with zero attached hydrogens (tertiary/aromatic N) is 15. The van der Waals surface area contributed by atoms with Crippen LogP contribution in [-0.2, 0) is 0 Å². The van der Waals surface area contributed by atoms with Gasteiger partial charge in [0.15, 0.2) is 34.9 Å². The highest BCUT2D eigenvalue weighted by Crippen LogP contribution is 2.46. The summed E-state index contributed by atoms with van der Waals surface area (Å²) < 4.78 is 20.1. The summed E-state index contributed by atoms with van der Waals surface area (Å²) in [6.07, 6.45) is 0. The van der Waals surface area contributed by atoms with Crippen molar-refractivity contribution in [2.75, 3.05) is 0 Å². The number of benzene rings is 20. The molecule has 30 rings (SSSR count). The number of furan rings is 1. The van der Waals surface area contributed by atoms with Gasteiger partial charge in [-0.15, -0.1) is 0 Å². The highest BCUT2D eigenvalue weighted by molar-refractivity contribution is 6.23. The molecular formula is C129H81N15O. The van der Waals surface area contributed by atoms with Crippen molar-refractivity contribution >= 4 is 153 Å². The van der Waals surface area contributed by atoms with Crippen molar-refractivity contribution in [2.24, 2.45) is 0 Å². The summed E-state index contributed by atoms with van der Waals surface area (Å²) in [6.45, 7) is 0. The second kappa shape index (κ2) is 34.6. The van der Waals surface area contributed by atoms with E-state index in [0.717, 1.165) is 165 Å². The van der Waals surface area contributed by atoms with Crippen LogP contribution in [0.15, 0.2) is 496 Å². The number of hydrogen-bond donors (Lipinski definition) is 0. The van der Waals surface area contributed by atoms with E-state index in [4.69, 9.17) is 49.3 Å². The summed E-state index contributed by atoms with van der Waals surface area (Å²) in [6, 6.07) is 171. The maximum Gasteiger partial charge on any atom is 0.238 e. The fourth-order valence-corrected chi connectivity index (χ4v) is 21.4. The van der Waals surface area contributed by atoms with E-state index in [9.17, 15) is 0 Å². The van der Waals surface area contributed by atoms with Crippen LogP contribution in [0.25, 0.3) is 267 Å². The van der Waals surface area contributed by atoms with E-state index in [1.54, 1.807) is 0 Å². The Morgan fingerprint density at radius 2 is 0.359 bits per heavy atom. The van der Waals surface area contributed by atoms with E-state index in [1.807, 2.05) is 146 Å². The zero-order valence-corrected chi connectivity index (χ0v) is 77.9. The summed E-state index contributed by atoms with van der Waals surface area (Å²) in [5, 5.41) is 16.2. The molecule has 0 atom stereocenters. The number of rotatable bonds is 13. The second-order valence-corrected chi connectivity index (χ2v) is 36.3. The molecule has 10 aromatic heterocycles. The first-order valence-corrected chi connectivity index (χ1v) is 48.6. The first-order valence-electron chi connectivity index (χ1n) is 48.6. The zero-order chi connectivity index (χ0) is 95.5. The summed E-state index contributed by atoms with van der Waals surface area (Å²) in [5.74, 6) is 5.38. The lowest BCUT2D eigenvalue weighted by atomic mass is 10.0. The first-order chi connectivity index (χ1) is 71.9. The molecule has 30 aromatic rings. The lowest BCUT2D eigenvalue weighted by molar-refractivity contribution is 0.669. The Hall–Kier alpha value is -20.0. The van der Waals surface area contributed by atoms with Crippen LogP contribution >= 0.6 is 0 Å². The predicted molar refractivity (Wildman–Crippen MR) is 591 cm³/mol. The van der Waals surface area contributed by atoms with Gasteiger partial charge < -0.3 is 18.1 Å². The Kier molecular flexibility index (Phi) is 19.8. The summed E-state index contributed by atoms with van der Waals surface area (Å²) in [5.41, 5.74) is 25.8. The largest absolute Gasteiger partial charge is 0.455 e. The smallest absolute Gasteiger partial charge is 0.238 e. The fourth-order valence-electron chi connectivity index (χ4n) is 21.4. The molecule has 0 unspecified atom stereocenters. The highest BCUT2D eigenvalue weighted by atomic mass is 16.3. The Labute approximate surface area is 829 Å². The minimum absolute atomic E-state index is 0.542. The molecule has 0 aliphatic rings. The van der Waals surface area contributed by atoms with Crippen LogP contribution in [0, 0.1) is 0 Å². The molecule has 0 N–H and O–H groups in total. The molecule has 0 radical (unpaired) electrons. The summed E-state index contributed by atoms with van der Waals surface area (Å²) in [7, 11) is 0. The van der Waals surface area contributed by atoms with E-state index in [0.29, 0.717) is 52.8 Å². The van der Waals surface area contributed by atoms with Gasteiger partial charge in [0.05, 0.1) is 71.8 Å². The minimum Gasteiger partial charge on any atom is -0.455 e. The molecule has 0 saturated carbocycles. The molecule has 16 nitrogen and oxygen atoms in total. The molecule has 20 aromatic carbocycles. The van der Waals surface area contributed by atoms with Crippen LogP contribution in [0.4, 0.5) is 0 Å². The monoisotopic (exact) mass is 1860 g/mol. The molecule has 0 spiro atoms. The van der Waals surface area contributed by atoms with Gasteiger partial charge in [-0.3, -0.25) is 13.7 Å². The van der Waals surface area contributed by atoms with Gasteiger partial charge >= 0.3 is 0 Å². The molecule has 0 aliphatic carbocycles. The molecule has 0 aliphatic heterocycles. The van der Waals surface area contributed by atoms with Crippen LogP contribution < -0.4 is 0 Å². The third-order valence-corrected chi connectivity index (χ3v) is 27.9. The Bertz CT molecular complexity index is 10300. The third-order valence-electron chi connectivity index (χ3n) is 27.9. The van der Waals surface area contributed by atoms with E-state index in [1.165, 1.54) is 48.9 Å². The topological polar surface area (TPSA) is 159 Å². The molecule has 0 amide bonds. The summed E-state index contributed by atoms with van der Waals surface area (Å²) in [4.78, 5) is 46.1. The Morgan fingerprint density at radius 1 is 0.138 bits per heavy atom. The molecule has 16 heteroatoms.